The van der Waals surface area contributed by atoms with E-state index in [2.05, 4.69) is 10.6 Å². The van der Waals surface area contributed by atoms with Gasteiger partial charge in [0.2, 0.25) is 0 Å². The van der Waals surface area contributed by atoms with Gasteiger partial charge in [0.1, 0.15) is 0 Å². The SMILES string of the molecule is CCNC(=O)C(=O)NCC(O)c1ccsc1. The average Bonchev–Trinajstić information content (AvgIpc) is 2.79. The number of aliphatic hydroxyl groups excluding tert-OH is 1. The van der Waals surface area contributed by atoms with Crippen LogP contribution < -0.4 is 10.6 Å². The molecule has 1 aromatic heterocycles. The highest BCUT2D eigenvalue weighted by atomic mass is 32.1. The minimum atomic E-state index is -0.773. The number of thiophene rings is 1. The Bertz CT molecular complexity index is 351. The minimum absolute atomic E-state index is 0.0344. The maximum Gasteiger partial charge on any atom is 0.309 e. The third-order valence-electron chi connectivity index (χ3n) is 1.93. The number of rotatable bonds is 4. The van der Waals surface area contributed by atoms with E-state index in [0.717, 1.165) is 5.56 Å². The monoisotopic (exact) mass is 242 g/mol. The number of carbonyl (C=O) groups excluding carboxylic acids is 2. The highest BCUT2D eigenvalue weighted by molar-refractivity contribution is 7.07. The normalized spacial score (nSPS) is 11.9. The lowest BCUT2D eigenvalue weighted by molar-refractivity contribution is -0.139. The first-order valence-electron chi connectivity index (χ1n) is 4.91. The Labute approximate surface area is 97.5 Å². The van der Waals surface area contributed by atoms with Crippen LogP contribution in [0.5, 0.6) is 0 Å². The molecule has 0 spiro atoms. The second-order valence-corrected chi connectivity index (χ2v) is 3.92. The first-order chi connectivity index (χ1) is 7.65. The Morgan fingerprint density at radius 2 is 2.12 bits per heavy atom. The Kier molecular flexibility index (Phi) is 4.94. The van der Waals surface area contributed by atoms with Crippen LogP contribution in [0.1, 0.15) is 18.6 Å². The van der Waals surface area contributed by atoms with Gasteiger partial charge >= 0.3 is 11.8 Å². The largest absolute Gasteiger partial charge is 0.387 e. The summed E-state index contributed by atoms with van der Waals surface area (Å²) in [5.74, 6) is -1.41. The summed E-state index contributed by atoms with van der Waals surface area (Å²) in [6.45, 7) is 2.16. The van der Waals surface area contributed by atoms with Crippen molar-refractivity contribution in [1.29, 1.82) is 0 Å². The van der Waals surface area contributed by atoms with Gasteiger partial charge in [-0.3, -0.25) is 9.59 Å². The molecule has 5 nitrogen and oxygen atoms in total. The zero-order chi connectivity index (χ0) is 12.0. The number of carbonyl (C=O) groups is 2. The molecule has 16 heavy (non-hydrogen) atoms. The van der Waals surface area contributed by atoms with Crippen LogP contribution in [0.4, 0.5) is 0 Å². The van der Waals surface area contributed by atoms with Crippen molar-refractivity contribution in [3.8, 4) is 0 Å². The maximum atomic E-state index is 11.2. The Morgan fingerprint density at radius 1 is 1.44 bits per heavy atom. The van der Waals surface area contributed by atoms with E-state index in [1.807, 2.05) is 5.38 Å². The molecule has 1 unspecified atom stereocenters. The molecule has 0 saturated heterocycles. The van der Waals surface area contributed by atoms with E-state index in [4.69, 9.17) is 0 Å². The van der Waals surface area contributed by atoms with Gasteiger partial charge in [0.05, 0.1) is 6.10 Å². The molecule has 0 bridgehead atoms. The first-order valence-corrected chi connectivity index (χ1v) is 5.85. The molecular weight excluding hydrogens is 228 g/mol. The van der Waals surface area contributed by atoms with Crippen molar-refractivity contribution in [1.82, 2.24) is 10.6 Å². The van der Waals surface area contributed by atoms with Crippen LogP contribution in [-0.4, -0.2) is 30.0 Å². The van der Waals surface area contributed by atoms with Crippen molar-refractivity contribution < 1.29 is 14.7 Å². The first kappa shape index (κ1) is 12.7. The van der Waals surface area contributed by atoms with Crippen molar-refractivity contribution in [3.63, 3.8) is 0 Å². The molecule has 0 fully saturated rings. The van der Waals surface area contributed by atoms with E-state index in [1.54, 1.807) is 18.4 Å². The Morgan fingerprint density at radius 3 is 2.69 bits per heavy atom. The zero-order valence-corrected chi connectivity index (χ0v) is 9.71. The number of amides is 2. The molecule has 0 aliphatic heterocycles. The molecule has 1 atom stereocenters. The molecule has 1 rings (SSSR count). The van der Waals surface area contributed by atoms with Crippen LogP contribution in [0.3, 0.4) is 0 Å². The molecule has 1 heterocycles. The Balaban J connectivity index is 2.34. The fraction of sp³-hybridized carbons (Fsp3) is 0.400. The van der Waals surface area contributed by atoms with Crippen LogP contribution in [0, 0.1) is 0 Å². The molecule has 0 radical (unpaired) electrons. The van der Waals surface area contributed by atoms with Gasteiger partial charge < -0.3 is 15.7 Å². The lowest BCUT2D eigenvalue weighted by Gasteiger charge is -2.09. The van der Waals surface area contributed by atoms with Gasteiger partial charge in [-0.15, -0.1) is 0 Å². The lowest BCUT2D eigenvalue weighted by Crippen LogP contribution is -2.41. The fourth-order valence-electron chi connectivity index (χ4n) is 1.09. The maximum absolute atomic E-state index is 11.2. The van der Waals surface area contributed by atoms with E-state index in [-0.39, 0.29) is 6.54 Å². The van der Waals surface area contributed by atoms with Crippen LogP contribution >= 0.6 is 11.3 Å². The summed E-state index contributed by atoms with van der Waals surface area (Å²) in [6, 6.07) is 1.77. The molecule has 0 aliphatic carbocycles. The molecule has 88 valence electrons. The van der Waals surface area contributed by atoms with Crippen molar-refractivity contribution in [2.75, 3.05) is 13.1 Å². The summed E-state index contributed by atoms with van der Waals surface area (Å²) in [4.78, 5) is 22.2. The molecule has 0 aliphatic rings. The topological polar surface area (TPSA) is 78.4 Å². The molecule has 0 aromatic carbocycles. The minimum Gasteiger partial charge on any atom is -0.387 e. The number of hydrogen-bond donors (Lipinski definition) is 3. The van der Waals surface area contributed by atoms with E-state index in [1.165, 1.54) is 11.3 Å². The van der Waals surface area contributed by atoms with Crippen molar-refractivity contribution >= 4 is 23.2 Å². The summed E-state index contributed by atoms with van der Waals surface area (Å²) in [5, 5.41) is 18.0. The quantitative estimate of drug-likeness (QED) is 0.652. The van der Waals surface area contributed by atoms with E-state index in [0.29, 0.717) is 6.54 Å². The number of hydrogen-bond acceptors (Lipinski definition) is 4. The average molecular weight is 242 g/mol. The third kappa shape index (κ3) is 3.63. The van der Waals surface area contributed by atoms with Crippen molar-refractivity contribution in [2.45, 2.75) is 13.0 Å². The highest BCUT2D eigenvalue weighted by Gasteiger charge is 2.14. The molecule has 2 amide bonds. The second-order valence-electron chi connectivity index (χ2n) is 3.14. The molecule has 3 N–H and O–H groups in total. The van der Waals surface area contributed by atoms with Gasteiger partial charge in [-0.05, 0) is 29.3 Å². The highest BCUT2D eigenvalue weighted by Crippen LogP contribution is 2.14. The van der Waals surface area contributed by atoms with Gasteiger partial charge in [0.25, 0.3) is 0 Å². The van der Waals surface area contributed by atoms with Gasteiger partial charge in [0, 0.05) is 13.1 Å². The number of aliphatic hydroxyl groups is 1. The molecule has 0 saturated carbocycles. The summed E-state index contributed by atoms with van der Waals surface area (Å²) in [7, 11) is 0. The van der Waals surface area contributed by atoms with E-state index >= 15 is 0 Å². The van der Waals surface area contributed by atoms with Gasteiger partial charge in [-0.2, -0.15) is 11.3 Å². The van der Waals surface area contributed by atoms with Gasteiger partial charge in [-0.1, -0.05) is 0 Å². The van der Waals surface area contributed by atoms with Crippen LogP contribution in [0.15, 0.2) is 16.8 Å². The predicted octanol–water partition coefficient (Wildman–Crippen LogP) is 0.0338. The number of likely N-dealkylation sites (N-methyl/N-ethyl adjacent to an activating group) is 1. The Hall–Kier alpha value is -1.40. The van der Waals surface area contributed by atoms with Gasteiger partial charge in [0.15, 0.2) is 0 Å². The van der Waals surface area contributed by atoms with Crippen molar-refractivity contribution in [2.24, 2.45) is 0 Å². The number of nitrogens with one attached hydrogen (secondary N) is 2. The zero-order valence-electron chi connectivity index (χ0n) is 8.90. The smallest absolute Gasteiger partial charge is 0.309 e. The van der Waals surface area contributed by atoms with E-state index < -0.39 is 17.9 Å². The molecule has 6 heteroatoms. The standard InChI is InChI=1S/C10H14N2O3S/c1-2-11-9(14)10(15)12-5-8(13)7-3-4-16-6-7/h3-4,6,8,13H,2,5H2,1H3,(H,11,14)(H,12,15). The summed E-state index contributed by atoms with van der Waals surface area (Å²) in [6.07, 6.45) is -0.773. The van der Waals surface area contributed by atoms with Gasteiger partial charge in [-0.25, -0.2) is 0 Å². The second kappa shape index (κ2) is 6.24. The third-order valence-corrected chi connectivity index (χ3v) is 2.63. The van der Waals surface area contributed by atoms with Crippen LogP contribution in [-0.2, 0) is 9.59 Å². The summed E-state index contributed by atoms with van der Waals surface area (Å²) in [5.41, 5.74) is 0.737. The lowest BCUT2D eigenvalue weighted by atomic mass is 10.2. The summed E-state index contributed by atoms with van der Waals surface area (Å²) < 4.78 is 0. The van der Waals surface area contributed by atoms with E-state index in [9.17, 15) is 14.7 Å². The molecular formula is C10H14N2O3S. The summed E-state index contributed by atoms with van der Waals surface area (Å²) >= 11 is 1.46. The predicted molar refractivity (Wildman–Crippen MR) is 61.0 cm³/mol. The van der Waals surface area contributed by atoms with Crippen molar-refractivity contribution in [3.05, 3.63) is 22.4 Å². The fourth-order valence-corrected chi connectivity index (χ4v) is 1.80. The van der Waals surface area contributed by atoms with Crippen LogP contribution in [0.2, 0.25) is 0 Å². The molecule has 1 aromatic rings. The van der Waals surface area contributed by atoms with Crippen LogP contribution in [0.25, 0.3) is 0 Å².